The minimum absolute atomic E-state index is 0.282. The largest absolute Gasteiger partial charge is 0.493 e. The van der Waals surface area contributed by atoms with Gasteiger partial charge in [0.25, 0.3) is 0 Å². The van der Waals surface area contributed by atoms with Crippen LogP contribution in [0.3, 0.4) is 0 Å². The summed E-state index contributed by atoms with van der Waals surface area (Å²) in [7, 11) is 2.90. The number of pyridine rings is 1. The number of methoxy groups -OCH3 is 2. The third-order valence-corrected chi connectivity index (χ3v) is 4.35. The molecule has 1 aromatic carbocycles. The zero-order valence-electron chi connectivity index (χ0n) is 16.3. The number of aromatic nitrogens is 3. The van der Waals surface area contributed by atoms with Crippen molar-refractivity contribution in [2.75, 3.05) is 14.2 Å². The fourth-order valence-electron chi connectivity index (χ4n) is 2.78. The Balaban J connectivity index is 1.58. The van der Waals surface area contributed by atoms with Crippen LogP contribution >= 0.6 is 0 Å². The Morgan fingerprint density at radius 3 is 2.62 bits per heavy atom. The van der Waals surface area contributed by atoms with Crippen LogP contribution in [0.25, 0.3) is 5.82 Å². The Morgan fingerprint density at radius 1 is 1.24 bits per heavy atom. The van der Waals surface area contributed by atoms with Gasteiger partial charge in [-0.15, -0.1) is 0 Å². The summed E-state index contributed by atoms with van der Waals surface area (Å²) < 4.78 is 26.4. The highest BCUT2D eigenvalue weighted by molar-refractivity contribution is 5.74. The normalized spacial score (nSPS) is 11.6. The van der Waals surface area contributed by atoms with Crippen LogP contribution < -0.4 is 20.1 Å². The van der Waals surface area contributed by atoms with E-state index in [1.807, 2.05) is 12.1 Å². The summed E-state index contributed by atoms with van der Waals surface area (Å²) in [6.45, 7) is 1.97. The highest BCUT2D eigenvalue weighted by atomic mass is 19.1. The second-order valence-electron chi connectivity index (χ2n) is 6.27. The monoisotopic (exact) mass is 399 g/mol. The molecule has 0 aliphatic rings. The number of nitrogens with zero attached hydrogens (tertiary/aromatic N) is 3. The van der Waals surface area contributed by atoms with E-state index in [0.717, 1.165) is 11.4 Å². The van der Waals surface area contributed by atoms with Gasteiger partial charge >= 0.3 is 6.03 Å². The number of hydrogen-bond donors (Lipinski definition) is 2. The summed E-state index contributed by atoms with van der Waals surface area (Å²) in [6.07, 6.45) is 6.79. The average molecular weight is 399 g/mol. The highest BCUT2D eigenvalue weighted by Crippen LogP contribution is 2.32. The maximum atomic E-state index is 14.3. The second-order valence-corrected chi connectivity index (χ2v) is 6.27. The molecule has 2 heterocycles. The first-order valence-corrected chi connectivity index (χ1v) is 8.91. The molecular formula is C20H22FN5O3. The maximum absolute atomic E-state index is 14.3. The Hall–Kier alpha value is -3.62. The molecule has 2 N–H and O–H groups in total. The number of hydrogen-bond acceptors (Lipinski definition) is 5. The van der Waals surface area contributed by atoms with E-state index in [9.17, 15) is 9.18 Å². The molecular weight excluding hydrogens is 377 g/mol. The third-order valence-electron chi connectivity index (χ3n) is 4.35. The van der Waals surface area contributed by atoms with Crippen LogP contribution in [0.15, 0.2) is 49.2 Å². The highest BCUT2D eigenvalue weighted by Gasteiger charge is 2.17. The number of benzene rings is 1. The number of halogens is 1. The van der Waals surface area contributed by atoms with Gasteiger partial charge in [-0.3, -0.25) is 4.57 Å². The van der Waals surface area contributed by atoms with E-state index in [-0.39, 0.29) is 12.3 Å². The molecule has 0 fully saturated rings. The smallest absolute Gasteiger partial charge is 0.315 e. The van der Waals surface area contributed by atoms with Gasteiger partial charge in [-0.2, -0.15) is 0 Å². The van der Waals surface area contributed by atoms with Gasteiger partial charge in [-0.05, 0) is 24.6 Å². The van der Waals surface area contributed by atoms with E-state index < -0.39 is 17.9 Å². The number of nitrogens with one attached hydrogen (secondary N) is 2. The van der Waals surface area contributed by atoms with E-state index in [0.29, 0.717) is 11.3 Å². The second kappa shape index (κ2) is 9.05. The standard InChI is InChI=1S/C20H22FN5O3/c1-13(15-8-17(28-2)18(29-3)9-16(15)21)25-20(27)24-11-14-4-5-19(23-10-14)26-7-6-22-12-26/h4-10,12-13H,11H2,1-3H3,(H2,24,25,27). The van der Waals surface area contributed by atoms with Gasteiger partial charge < -0.3 is 20.1 Å². The first-order valence-electron chi connectivity index (χ1n) is 8.91. The number of carbonyl (C=O) groups is 1. The number of rotatable bonds is 7. The lowest BCUT2D eigenvalue weighted by Gasteiger charge is -2.18. The van der Waals surface area contributed by atoms with E-state index >= 15 is 0 Å². The lowest BCUT2D eigenvalue weighted by Crippen LogP contribution is -2.36. The van der Waals surface area contributed by atoms with Crippen molar-refractivity contribution in [1.29, 1.82) is 0 Å². The summed E-state index contributed by atoms with van der Waals surface area (Å²) in [5.41, 5.74) is 1.12. The molecule has 29 heavy (non-hydrogen) atoms. The summed E-state index contributed by atoms with van der Waals surface area (Å²) in [6, 6.07) is 5.44. The Labute approximate surface area is 167 Å². The molecule has 1 unspecified atom stereocenters. The molecule has 9 heteroatoms. The van der Waals surface area contributed by atoms with Gasteiger partial charge in [0.15, 0.2) is 11.5 Å². The number of urea groups is 1. The Bertz CT molecular complexity index is 961. The molecule has 0 bridgehead atoms. The van der Waals surface area contributed by atoms with Crippen LogP contribution in [0.1, 0.15) is 24.1 Å². The first-order chi connectivity index (χ1) is 14.0. The topological polar surface area (TPSA) is 90.3 Å². The molecule has 0 saturated carbocycles. The third kappa shape index (κ3) is 4.81. The van der Waals surface area contributed by atoms with E-state index in [2.05, 4.69) is 20.6 Å². The van der Waals surface area contributed by atoms with Crippen molar-refractivity contribution in [3.05, 3.63) is 66.1 Å². The van der Waals surface area contributed by atoms with Crippen LogP contribution in [-0.2, 0) is 6.54 Å². The number of imidazole rings is 1. The molecule has 8 nitrogen and oxygen atoms in total. The lowest BCUT2D eigenvalue weighted by atomic mass is 10.1. The predicted octanol–water partition coefficient (Wildman–Crippen LogP) is 2.98. The molecule has 0 aliphatic carbocycles. The SMILES string of the molecule is COc1cc(F)c(C(C)NC(=O)NCc2ccc(-n3ccnc3)nc2)cc1OC. The number of amides is 2. The maximum Gasteiger partial charge on any atom is 0.315 e. The quantitative estimate of drug-likeness (QED) is 0.638. The fourth-order valence-corrected chi connectivity index (χ4v) is 2.78. The molecule has 1 atom stereocenters. The van der Waals surface area contributed by atoms with Crippen molar-refractivity contribution in [1.82, 2.24) is 25.2 Å². The Kier molecular flexibility index (Phi) is 6.28. The van der Waals surface area contributed by atoms with Gasteiger partial charge in [0.1, 0.15) is 18.0 Å². The van der Waals surface area contributed by atoms with Crippen molar-refractivity contribution in [2.24, 2.45) is 0 Å². The van der Waals surface area contributed by atoms with Crippen LogP contribution in [0.4, 0.5) is 9.18 Å². The van der Waals surface area contributed by atoms with Crippen molar-refractivity contribution in [3.63, 3.8) is 0 Å². The van der Waals surface area contributed by atoms with E-state index in [4.69, 9.17) is 9.47 Å². The minimum atomic E-state index is -0.573. The predicted molar refractivity (Wildman–Crippen MR) is 105 cm³/mol. The molecule has 2 amide bonds. The zero-order chi connectivity index (χ0) is 20.8. The summed E-state index contributed by atoms with van der Waals surface area (Å²) >= 11 is 0. The lowest BCUT2D eigenvalue weighted by molar-refractivity contribution is 0.237. The Morgan fingerprint density at radius 2 is 2.00 bits per heavy atom. The van der Waals surface area contributed by atoms with Gasteiger partial charge in [-0.1, -0.05) is 6.07 Å². The summed E-state index contributed by atoms with van der Waals surface area (Å²) in [4.78, 5) is 20.5. The van der Waals surface area contributed by atoms with E-state index in [1.165, 1.54) is 26.4 Å². The summed E-state index contributed by atoms with van der Waals surface area (Å²) in [5, 5.41) is 5.45. The van der Waals surface area contributed by atoms with Crippen molar-refractivity contribution in [2.45, 2.75) is 19.5 Å². The van der Waals surface area contributed by atoms with Crippen molar-refractivity contribution in [3.8, 4) is 17.3 Å². The van der Waals surface area contributed by atoms with Gasteiger partial charge in [0.2, 0.25) is 0 Å². The van der Waals surface area contributed by atoms with Crippen LogP contribution in [0.2, 0.25) is 0 Å². The fraction of sp³-hybridized carbons (Fsp3) is 0.250. The molecule has 3 rings (SSSR count). The molecule has 3 aromatic rings. The first kappa shape index (κ1) is 20.1. The molecule has 0 saturated heterocycles. The number of ether oxygens (including phenoxy) is 2. The van der Waals surface area contributed by atoms with Crippen LogP contribution in [-0.4, -0.2) is 34.8 Å². The van der Waals surface area contributed by atoms with E-state index in [1.54, 1.807) is 36.4 Å². The van der Waals surface area contributed by atoms with Crippen LogP contribution in [0.5, 0.6) is 11.5 Å². The zero-order valence-corrected chi connectivity index (χ0v) is 16.3. The van der Waals surface area contributed by atoms with Crippen molar-refractivity contribution < 1.29 is 18.7 Å². The molecule has 2 aromatic heterocycles. The van der Waals surface area contributed by atoms with Gasteiger partial charge in [0.05, 0.1) is 20.3 Å². The van der Waals surface area contributed by atoms with Crippen LogP contribution in [0, 0.1) is 5.82 Å². The number of carbonyl (C=O) groups excluding carboxylic acids is 1. The van der Waals surface area contributed by atoms with Crippen molar-refractivity contribution >= 4 is 6.03 Å². The summed E-state index contributed by atoms with van der Waals surface area (Å²) in [5.74, 6) is 0.919. The minimum Gasteiger partial charge on any atom is -0.493 e. The molecule has 0 spiro atoms. The van der Waals surface area contributed by atoms with Gasteiger partial charge in [0, 0.05) is 36.8 Å². The van der Waals surface area contributed by atoms with Gasteiger partial charge in [-0.25, -0.2) is 19.2 Å². The molecule has 0 aliphatic heterocycles. The molecule has 0 radical (unpaired) electrons. The average Bonchev–Trinajstić information content (AvgIpc) is 3.27. The molecule has 152 valence electrons.